The van der Waals surface area contributed by atoms with Crippen molar-refractivity contribution in [3.05, 3.63) is 70.7 Å². The zero-order valence-electron chi connectivity index (χ0n) is 17.6. The summed E-state index contributed by atoms with van der Waals surface area (Å²) in [5, 5.41) is 24.9. The molecule has 4 N–H and O–H groups in total. The topological polar surface area (TPSA) is 138 Å². The van der Waals surface area contributed by atoms with Gasteiger partial charge in [0.15, 0.2) is 10.7 Å². The molecule has 1 atom stereocenters. The quantitative estimate of drug-likeness (QED) is 0.419. The van der Waals surface area contributed by atoms with E-state index in [9.17, 15) is 19.5 Å². The average Bonchev–Trinajstić information content (AvgIpc) is 3.39. The summed E-state index contributed by atoms with van der Waals surface area (Å²) in [6, 6.07) is 16.0. The normalized spacial score (nSPS) is 14.0. The Hall–Kier alpha value is -3.76. The minimum absolute atomic E-state index is 0.0184. The van der Waals surface area contributed by atoms with E-state index >= 15 is 0 Å². The zero-order valence-corrected chi connectivity index (χ0v) is 18.4. The second-order valence-electron chi connectivity index (χ2n) is 7.75. The third-order valence-corrected chi connectivity index (χ3v) is 6.10. The van der Waals surface area contributed by atoms with Crippen molar-refractivity contribution in [3.8, 4) is 11.1 Å². The van der Waals surface area contributed by atoms with Crippen LogP contribution >= 0.6 is 11.3 Å². The third kappa shape index (κ3) is 4.71. The summed E-state index contributed by atoms with van der Waals surface area (Å²) in [7, 11) is 0. The molecule has 1 aliphatic carbocycles. The van der Waals surface area contributed by atoms with E-state index in [0.717, 1.165) is 40.5 Å². The number of aliphatic carboxylic acids is 1. The van der Waals surface area contributed by atoms with Crippen molar-refractivity contribution >= 4 is 34.4 Å². The van der Waals surface area contributed by atoms with E-state index in [1.807, 2.05) is 48.5 Å². The van der Waals surface area contributed by atoms with Gasteiger partial charge < -0.3 is 20.3 Å². The van der Waals surface area contributed by atoms with Gasteiger partial charge in [0.25, 0.3) is 5.91 Å². The SMILES string of the molecule is CC(O)(CNC(=O)c1csc(NC(=O)OCC2c3ccccc3-c3ccccc32)n1)C(=O)O. The Morgan fingerprint density at radius 1 is 1.09 bits per heavy atom. The molecule has 1 aliphatic rings. The summed E-state index contributed by atoms with van der Waals surface area (Å²) < 4.78 is 5.45. The Kier molecular flexibility index (Phi) is 6.12. The number of nitrogens with one attached hydrogen (secondary N) is 2. The lowest BCUT2D eigenvalue weighted by molar-refractivity contribution is -0.155. The number of aromatic nitrogens is 1. The molecule has 0 aliphatic heterocycles. The molecule has 2 amide bonds. The molecule has 0 fully saturated rings. The van der Waals surface area contributed by atoms with Crippen molar-refractivity contribution in [3.63, 3.8) is 0 Å². The molecule has 9 nitrogen and oxygen atoms in total. The molecule has 0 saturated carbocycles. The molecule has 0 spiro atoms. The molecule has 0 radical (unpaired) electrons. The van der Waals surface area contributed by atoms with Crippen molar-refractivity contribution < 1.29 is 29.3 Å². The molecule has 0 bridgehead atoms. The number of carboxylic acid groups (broad SMARTS) is 1. The van der Waals surface area contributed by atoms with Gasteiger partial charge in [-0.15, -0.1) is 11.3 Å². The van der Waals surface area contributed by atoms with Crippen LogP contribution in [0.3, 0.4) is 0 Å². The Labute approximate surface area is 193 Å². The Bertz CT molecular complexity index is 1180. The number of fused-ring (bicyclic) bond motifs is 3. The monoisotopic (exact) mass is 467 g/mol. The minimum Gasteiger partial charge on any atom is -0.479 e. The van der Waals surface area contributed by atoms with Crippen LogP contribution in [0.4, 0.5) is 9.93 Å². The zero-order chi connectivity index (χ0) is 23.6. The van der Waals surface area contributed by atoms with Crippen LogP contribution in [0.15, 0.2) is 53.9 Å². The highest BCUT2D eigenvalue weighted by Crippen LogP contribution is 2.44. The first-order valence-corrected chi connectivity index (χ1v) is 11.0. The van der Waals surface area contributed by atoms with E-state index < -0.39 is 30.1 Å². The lowest BCUT2D eigenvalue weighted by Gasteiger charge is -2.17. The molecule has 33 heavy (non-hydrogen) atoms. The largest absolute Gasteiger partial charge is 0.479 e. The fraction of sp³-hybridized carbons (Fsp3) is 0.217. The first-order valence-electron chi connectivity index (χ1n) is 10.1. The number of aliphatic hydroxyl groups is 1. The van der Waals surface area contributed by atoms with E-state index in [1.165, 1.54) is 5.38 Å². The minimum atomic E-state index is -2.10. The number of thiazole rings is 1. The number of rotatable bonds is 7. The maximum atomic E-state index is 12.3. The van der Waals surface area contributed by atoms with E-state index in [0.29, 0.717) is 0 Å². The van der Waals surface area contributed by atoms with Gasteiger partial charge in [0.2, 0.25) is 0 Å². The van der Waals surface area contributed by atoms with Crippen LogP contribution in [0.1, 0.15) is 34.5 Å². The Morgan fingerprint density at radius 3 is 2.30 bits per heavy atom. The number of carboxylic acids is 1. The van der Waals surface area contributed by atoms with Crippen molar-refractivity contribution in [2.45, 2.75) is 18.4 Å². The van der Waals surface area contributed by atoms with Crippen molar-refractivity contribution in [2.75, 3.05) is 18.5 Å². The van der Waals surface area contributed by atoms with Gasteiger partial charge in [-0.3, -0.25) is 10.1 Å². The van der Waals surface area contributed by atoms with Crippen molar-refractivity contribution in [2.24, 2.45) is 0 Å². The molecule has 0 saturated heterocycles. The Balaban J connectivity index is 1.35. The Morgan fingerprint density at radius 2 is 1.70 bits per heavy atom. The van der Waals surface area contributed by atoms with Crippen LogP contribution in [0.5, 0.6) is 0 Å². The van der Waals surface area contributed by atoms with Crippen LogP contribution in [-0.2, 0) is 9.53 Å². The van der Waals surface area contributed by atoms with Gasteiger partial charge in [-0.1, -0.05) is 48.5 Å². The van der Waals surface area contributed by atoms with Crippen LogP contribution in [0.2, 0.25) is 0 Å². The van der Waals surface area contributed by atoms with Gasteiger partial charge >= 0.3 is 12.1 Å². The number of hydrogen-bond donors (Lipinski definition) is 4. The van der Waals surface area contributed by atoms with Crippen molar-refractivity contribution in [1.82, 2.24) is 10.3 Å². The number of hydrogen-bond acceptors (Lipinski definition) is 7. The maximum Gasteiger partial charge on any atom is 0.413 e. The predicted octanol–water partition coefficient (Wildman–Crippen LogP) is 3.07. The highest BCUT2D eigenvalue weighted by Gasteiger charge is 2.31. The van der Waals surface area contributed by atoms with Crippen molar-refractivity contribution in [1.29, 1.82) is 0 Å². The third-order valence-electron chi connectivity index (χ3n) is 5.34. The van der Waals surface area contributed by atoms with Crippen LogP contribution in [0.25, 0.3) is 11.1 Å². The molecule has 10 heteroatoms. The maximum absolute atomic E-state index is 12.3. The highest BCUT2D eigenvalue weighted by atomic mass is 32.1. The summed E-state index contributed by atoms with van der Waals surface area (Å²) in [5.74, 6) is -2.21. The highest BCUT2D eigenvalue weighted by molar-refractivity contribution is 7.14. The predicted molar refractivity (Wildman–Crippen MR) is 121 cm³/mol. The van der Waals surface area contributed by atoms with E-state index in [4.69, 9.17) is 9.84 Å². The van der Waals surface area contributed by atoms with E-state index in [-0.39, 0.29) is 23.4 Å². The lowest BCUT2D eigenvalue weighted by Crippen LogP contribution is -2.46. The fourth-order valence-corrected chi connectivity index (χ4v) is 4.25. The molecule has 170 valence electrons. The van der Waals surface area contributed by atoms with Gasteiger partial charge in [-0.05, 0) is 29.2 Å². The molecular formula is C23H21N3O6S. The van der Waals surface area contributed by atoms with Gasteiger partial charge in [-0.2, -0.15) is 0 Å². The molecule has 1 heterocycles. The molecular weight excluding hydrogens is 446 g/mol. The van der Waals surface area contributed by atoms with Crippen LogP contribution in [-0.4, -0.2) is 51.9 Å². The number of amides is 2. The van der Waals surface area contributed by atoms with Gasteiger partial charge in [-0.25, -0.2) is 14.6 Å². The molecule has 3 aromatic rings. The molecule has 2 aromatic carbocycles. The molecule has 1 unspecified atom stereocenters. The number of anilines is 1. The average molecular weight is 468 g/mol. The number of nitrogens with zero attached hydrogens (tertiary/aromatic N) is 1. The van der Waals surface area contributed by atoms with Gasteiger partial charge in [0.05, 0.1) is 6.54 Å². The summed E-state index contributed by atoms with van der Waals surface area (Å²) in [5.41, 5.74) is 2.32. The summed E-state index contributed by atoms with van der Waals surface area (Å²) >= 11 is 1.02. The summed E-state index contributed by atoms with van der Waals surface area (Å²) in [6.45, 7) is 0.720. The van der Waals surface area contributed by atoms with Gasteiger partial charge in [0.1, 0.15) is 12.3 Å². The van der Waals surface area contributed by atoms with Crippen LogP contribution < -0.4 is 10.6 Å². The van der Waals surface area contributed by atoms with E-state index in [2.05, 4.69) is 15.6 Å². The number of carbonyl (C=O) groups excluding carboxylic acids is 2. The second kappa shape index (κ2) is 9.00. The van der Waals surface area contributed by atoms with Gasteiger partial charge in [0, 0.05) is 11.3 Å². The van der Waals surface area contributed by atoms with Crippen LogP contribution in [0, 0.1) is 0 Å². The first kappa shape index (κ1) is 22.4. The summed E-state index contributed by atoms with van der Waals surface area (Å²) in [6.07, 6.45) is -0.702. The lowest BCUT2D eigenvalue weighted by atomic mass is 9.98. The number of benzene rings is 2. The number of carbonyl (C=O) groups is 3. The standard InChI is InChI=1S/C23H21N3O6S/c1-23(31,20(28)29)12-24-19(27)18-11-33-21(25-18)26-22(30)32-10-17-15-8-4-2-6-13(15)14-7-3-5-9-16(14)17/h2-9,11,17,31H,10,12H2,1H3,(H,24,27)(H,28,29)(H,25,26,30). The molecule has 1 aromatic heterocycles. The molecule has 4 rings (SSSR count). The fourth-order valence-electron chi connectivity index (χ4n) is 3.58. The second-order valence-corrected chi connectivity index (χ2v) is 8.61. The first-order chi connectivity index (χ1) is 15.8. The van der Waals surface area contributed by atoms with E-state index in [1.54, 1.807) is 0 Å². The smallest absolute Gasteiger partial charge is 0.413 e. The number of ether oxygens (including phenoxy) is 1. The summed E-state index contributed by atoms with van der Waals surface area (Å²) in [4.78, 5) is 39.4.